The molecule has 356 valence electrons. The highest BCUT2D eigenvalue weighted by Gasteiger charge is 2.42. The van der Waals surface area contributed by atoms with Crippen LogP contribution in [0.5, 0.6) is 0 Å². The summed E-state index contributed by atoms with van der Waals surface area (Å²) in [5.41, 5.74) is 2.91. The van der Waals surface area contributed by atoms with Crippen LogP contribution in [0.25, 0.3) is 0 Å². The van der Waals surface area contributed by atoms with E-state index < -0.39 is 49.1 Å². The maximum Gasteiger partial charge on any atom is 0.471 e. The molecule has 3 aromatic rings. The number of alkyl halides is 3. The predicted molar refractivity (Wildman–Crippen MR) is 245 cm³/mol. The average molecular weight is 897 g/mol. The monoisotopic (exact) mass is 897 g/mol. The standard InChI is InChI=1S/C52H75F3N2O7/c1-5-6-7-8-9-10-11-12-13-14-15-25-32-46(61-35-43-28-21-17-22-29-43)49(62-36-44-30-23-18-24-31-44)45(57-48(58)33-56-51(59)52(53,54)55)37-63-50-41(4)39(2)40(3)47(64-50)38-60-34-42-26-19-16-20-27-42/h16-24,26-31,39-41,45-47,49-50H,5-15,25,32-38H2,1-4H3,(H,56,59)(H,57,58)/t39-,40+,41?,45-,46+,47?,49-,50-/m0/s1. The Balaban J connectivity index is 1.54. The molecule has 1 fully saturated rings. The number of nitrogens with one attached hydrogen (secondary N) is 2. The number of hydrogen-bond donors (Lipinski definition) is 2. The third-order valence-electron chi connectivity index (χ3n) is 12.5. The van der Waals surface area contributed by atoms with Gasteiger partial charge in [0.2, 0.25) is 5.91 Å². The van der Waals surface area contributed by atoms with E-state index in [-0.39, 0.29) is 43.7 Å². The van der Waals surface area contributed by atoms with E-state index in [0.29, 0.717) is 19.6 Å². The highest BCUT2D eigenvalue weighted by atomic mass is 19.4. The number of amides is 2. The first-order valence-corrected chi connectivity index (χ1v) is 23.8. The number of carbonyl (C=O) groups is 2. The minimum atomic E-state index is -5.14. The van der Waals surface area contributed by atoms with Crippen LogP contribution in [0.4, 0.5) is 13.2 Å². The second-order valence-corrected chi connectivity index (χ2v) is 17.6. The Morgan fingerprint density at radius 3 is 1.69 bits per heavy atom. The minimum absolute atomic E-state index is 0.0438. The van der Waals surface area contributed by atoms with E-state index >= 15 is 0 Å². The van der Waals surface area contributed by atoms with E-state index in [9.17, 15) is 22.8 Å². The summed E-state index contributed by atoms with van der Waals surface area (Å²) < 4.78 is 72.4. The fourth-order valence-electron chi connectivity index (χ4n) is 8.23. The molecule has 0 aliphatic carbocycles. The lowest BCUT2D eigenvalue weighted by Gasteiger charge is -2.44. The van der Waals surface area contributed by atoms with Crippen molar-refractivity contribution in [3.63, 3.8) is 0 Å². The van der Waals surface area contributed by atoms with Crippen LogP contribution in [-0.4, -0.2) is 68.4 Å². The van der Waals surface area contributed by atoms with E-state index in [1.165, 1.54) is 51.4 Å². The lowest BCUT2D eigenvalue weighted by Crippen LogP contribution is -2.56. The topological polar surface area (TPSA) is 104 Å². The van der Waals surface area contributed by atoms with Gasteiger partial charge < -0.3 is 34.3 Å². The molecule has 2 amide bonds. The van der Waals surface area contributed by atoms with Crippen LogP contribution in [-0.2, 0) is 53.1 Å². The molecule has 1 heterocycles. The van der Waals surface area contributed by atoms with E-state index in [2.05, 4.69) is 33.0 Å². The Kier molecular flexibility index (Phi) is 24.5. The maximum absolute atomic E-state index is 13.5. The van der Waals surface area contributed by atoms with Crippen molar-refractivity contribution in [1.82, 2.24) is 10.6 Å². The number of carbonyl (C=O) groups excluding carboxylic acids is 2. The van der Waals surface area contributed by atoms with Gasteiger partial charge in [-0.1, -0.05) is 196 Å². The van der Waals surface area contributed by atoms with Crippen LogP contribution in [0.1, 0.15) is 128 Å². The maximum atomic E-state index is 13.5. The summed E-state index contributed by atoms with van der Waals surface area (Å²) in [5, 5.41) is 4.60. The van der Waals surface area contributed by atoms with Crippen molar-refractivity contribution >= 4 is 11.8 Å². The van der Waals surface area contributed by atoms with Crippen LogP contribution in [0.2, 0.25) is 0 Å². The highest BCUT2D eigenvalue weighted by Crippen LogP contribution is 2.36. The largest absolute Gasteiger partial charge is 0.471 e. The first-order valence-electron chi connectivity index (χ1n) is 23.8. The number of rotatable bonds is 31. The van der Waals surface area contributed by atoms with Gasteiger partial charge in [-0.2, -0.15) is 13.2 Å². The first kappa shape index (κ1) is 52.8. The number of halogens is 3. The molecule has 0 aromatic heterocycles. The molecular formula is C52H75F3N2O7. The van der Waals surface area contributed by atoms with Crippen LogP contribution >= 0.6 is 0 Å². The van der Waals surface area contributed by atoms with E-state index in [1.54, 1.807) is 5.32 Å². The molecule has 8 atom stereocenters. The smallest absolute Gasteiger partial charge is 0.374 e. The molecule has 1 saturated heterocycles. The summed E-state index contributed by atoms with van der Waals surface area (Å²) in [5.74, 6) is -2.72. The quantitative estimate of drug-likeness (QED) is 0.0620. The molecular weight excluding hydrogens is 822 g/mol. The molecule has 0 bridgehead atoms. The zero-order chi connectivity index (χ0) is 46.0. The van der Waals surface area contributed by atoms with Crippen molar-refractivity contribution in [2.75, 3.05) is 19.8 Å². The molecule has 3 aromatic carbocycles. The van der Waals surface area contributed by atoms with Crippen molar-refractivity contribution in [2.24, 2.45) is 17.8 Å². The molecule has 0 spiro atoms. The fraction of sp³-hybridized carbons (Fsp3) is 0.615. The molecule has 12 heteroatoms. The molecule has 1 aliphatic rings. The zero-order valence-electron chi connectivity index (χ0n) is 38.7. The van der Waals surface area contributed by atoms with E-state index in [1.807, 2.05) is 91.0 Å². The second kappa shape index (κ2) is 29.7. The number of unbranched alkanes of at least 4 members (excludes halogenated alkanes) is 11. The molecule has 9 nitrogen and oxygen atoms in total. The zero-order valence-corrected chi connectivity index (χ0v) is 38.7. The van der Waals surface area contributed by atoms with Gasteiger partial charge in [-0.3, -0.25) is 9.59 Å². The summed E-state index contributed by atoms with van der Waals surface area (Å²) >= 11 is 0. The Morgan fingerprint density at radius 1 is 0.656 bits per heavy atom. The molecule has 1 aliphatic heterocycles. The summed E-state index contributed by atoms with van der Waals surface area (Å²) in [6.45, 7) is 8.86. The second-order valence-electron chi connectivity index (χ2n) is 17.6. The number of ether oxygens (including phenoxy) is 5. The first-order chi connectivity index (χ1) is 31.0. The third kappa shape index (κ3) is 19.7. The Labute approximate surface area is 380 Å². The number of benzene rings is 3. The Bertz CT molecular complexity index is 1690. The van der Waals surface area contributed by atoms with Gasteiger partial charge in [0, 0.05) is 5.92 Å². The Morgan fingerprint density at radius 2 is 1.16 bits per heavy atom. The van der Waals surface area contributed by atoms with Crippen molar-refractivity contribution in [2.45, 2.75) is 168 Å². The summed E-state index contributed by atoms with van der Waals surface area (Å²) in [6, 6.07) is 28.4. The molecule has 2 unspecified atom stereocenters. The SMILES string of the molecule is CCCCCCCCCCCCCC[C@@H](OCc1ccccc1)[C@@H](OCc1ccccc1)[C@H](CO[C@H]1OC(COCc2ccccc2)[C@H](C)[C@H](C)C1C)NC(=O)CNC(=O)C(F)(F)F. The van der Waals surface area contributed by atoms with Gasteiger partial charge in [-0.15, -0.1) is 0 Å². The highest BCUT2D eigenvalue weighted by molar-refractivity contribution is 5.87. The normalized spacial score (nSPS) is 20.3. The summed E-state index contributed by atoms with van der Waals surface area (Å²) in [6.07, 6.45) is 7.46. The van der Waals surface area contributed by atoms with Gasteiger partial charge in [0.25, 0.3) is 0 Å². The minimum Gasteiger partial charge on any atom is -0.374 e. The van der Waals surface area contributed by atoms with Crippen molar-refractivity contribution in [1.29, 1.82) is 0 Å². The molecule has 0 saturated carbocycles. The lowest BCUT2D eigenvalue weighted by molar-refractivity contribution is -0.262. The molecule has 64 heavy (non-hydrogen) atoms. The third-order valence-corrected chi connectivity index (χ3v) is 12.5. The fourth-order valence-corrected chi connectivity index (χ4v) is 8.23. The summed E-state index contributed by atoms with van der Waals surface area (Å²) in [7, 11) is 0. The van der Waals surface area contributed by atoms with E-state index in [0.717, 1.165) is 42.4 Å². The van der Waals surface area contributed by atoms with Gasteiger partial charge in [0.05, 0.1) is 57.8 Å². The van der Waals surface area contributed by atoms with Gasteiger partial charge in [-0.05, 0) is 34.9 Å². The molecule has 0 radical (unpaired) electrons. The van der Waals surface area contributed by atoms with Gasteiger partial charge in [-0.25, -0.2) is 0 Å². The lowest BCUT2D eigenvalue weighted by atomic mass is 9.79. The van der Waals surface area contributed by atoms with Crippen LogP contribution in [0.3, 0.4) is 0 Å². The molecule has 4 rings (SSSR count). The van der Waals surface area contributed by atoms with Crippen molar-refractivity contribution in [3.05, 3.63) is 108 Å². The van der Waals surface area contributed by atoms with Gasteiger partial charge in [0.1, 0.15) is 6.10 Å². The van der Waals surface area contributed by atoms with Crippen LogP contribution in [0, 0.1) is 17.8 Å². The van der Waals surface area contributed by atoms with Gasteiger partial charge in [0.15, 0.2) is 6.29 Å². The Hall–Kier alpha value is -3.81. The average Bonchev–Trinajstić information content (AvgIpc) is 3.30. The van der Waals surface area contributed by atoms with Crippen LogP contribution in [0.15, 0.2) is 91.0 Å². The molecule has 2 N–H and O–H groups in total. The number of hydrogen-bond acceptors (Lipinski definition) is 7. The van der Waals surface area contributed by atoms with Gasteiger partial charge >= 0.3 is 12.1 Å². The summed E-state index contributed by atoms with van der Waals surface area (Å²) in [4.78, 5) is 25.3. The van der Waals surface area contributed by atoms with Crippen molar-refractivity contribution < 1.29 is 46.4 Å². The van der Waals surface area contributed by atoms with Crippen LogP contribution < -0.4 is 10.6 Å². The van der Waals surface area contributed by atoms with Crippen molar-refractivity contribution in [3.8, 4) is 0 Å². The predicted octanol–water partition coefficient (Wildman–Crippen LogP) is 11.3. The van der Waals surface area contributed by atoms with E-state index in [4.69, 9.17) is 23.7 Å².